The number of hydrogen-bond acceptors (Lipinski definition) is 5. The maximum atomic E-state index is 13.1. The maximum absolute atomic E-state index is 13.1. The molecule has 1 unspecified atom stereocenters. The summed E-state index contributed by atoms with van der Waals surface area (Å²) in [5, 5.41) is 12.4. The zero-order chi connectivity index (χ0) is 21.7. The average molecular weight is 460 g/mol. The van der Waals surface area contributed by atoms with Gasteiger partial charge in [-0.3, -0.25) is 14.3 Å². The van der Waals surface area contributed by atoms with Crippen molar-refractivity contribution in [1.29, 1.82) is 0 Å². The molecular weight excluding hydrogens is 441 g/mol. The Morgan fingerprint density at radius 2 is 2.10 bits per heavy atom. The van der Waals surface area contributed by atoms with Crippen molar-refractivity contribution in [3.8, 4) is 11.4 Å². The van der Waals surface area contributed by atoms with Crippen LogP contribution in [0.15, 0.2) is 29.0 Å². The van der Waals surface area contributed by atoms with E-state index in [2.05, 4.69) is 10.5 Å². The van der Waals surface area contributed by atoms with Crippen molar-refractivity contribution >= 4 is 35.0 Å². The number of hydrogen-bond donors (Lipinski definition) is 1. The molecule has 0 spiro atoms. The molecule has 2 amide bonds. The summed E-state index contributed by atoms with van der Waals surface area (Å²) in [7, 11) is 1.63. The molecule has 2 aliphatic rings. The summed E-state index contributed by atoms with van der Waals surface area (Å²) in [6.45, 7) is 1.37. The van der Waals surface area contributed by atoms with Crippen LogP contribution < -0.4 is 5.32 Å². The van der Waals surface area contributed by atoms with E-state index in [-0.39, 0.29) is 17.7 Å². The number of amides is 2. The van der Waals surface area contributed by atoms with Gasteiger partial charge in [-0.15, -0.1) is 0 Å². The third-order valence-corrected chi connectivity index (χ3v) is 6.64. The minimum absolute atomic E-state index is 0.0510. The minimum Gasteiger partial charge on any atom is -0.364 e. The van der Waals surface area contributed by atoms with Crippen molar-refractivity contribution < 1.29 is 14.1 Å². The van der Waals surface area contributed by atoms with Crippen LogP contribution in [0.25, 0.3) is 11.4 Å². The summed E-state index contributed by atoms with van der Waals surface area (Å²) in [6.07, 6.45) is 2.71. The first-order valence-corrected chi connectivity index (χ1v) is 10.7. The summed E-state index contributed by atoms with van der Waals surface area (Å²) in [6, 6.07) is 4.89. The number of rotatable bonds is 2. The van der Waals surface area contributed by atoms with E-state index in [1.807, 2.05) is 4.68 Å². The first kappa shape index (κ1) is 20.1. The molecular formula is C21H19Cl2N5O3. The Hall–Kier alpha value is -2.84. The van der Waals surface area contributed by atoms with Gasteiger partial charge in [0.25, 0.3) is 5.91 Å². The van der Waals surface area contributed by atoms with Crippen molar-refractivity contribution in [3.05, 3.63) is 56.9 Å². The van der Waals surface area contributed by atoms with Gasteiger partial charge in [0.05, 0.1) is 40.4 Å². The number of halogens is 2. The van der Waals surface area contributed by atoms with Gasteiger partial charge in [-0.05, 0) is 24.6 Å². The van der Waals surface area contributed by atoms with Gasteiger partial charge in [-0.2, -0.15) is 5.10 Å². The highest BCUT2D eigenvalue weighted by Gasteiger charge is 2.35. The van der Waals surface area contributed by atoms with Gasteiger partial charge in [-0.1, -0.05) is 28.4 Å². The van der Waals surface area contributed by atoms with E-state index in [1.165, 1.54) is 0 Å². The molecule has 1 atom stereocenters. The summed E-state index contributed by atoms with van der Waals surface area (Å²) < 4.78 is 7.08. The van der Waals surface area contributed by atoms with Gasteiger partial charge >= 0.3 is 0 Å². The van der Waals surface area contributed by atoms with Gasteiger partial charge in [0.1, 0.15) is 12.0 Å². The number of benzene rings is 1. The number of aromatic nitrogens is 3. The normalized spacial score (nSPS) is 17.4. The summed E-state index contributed by atoms with van der Waals surface area (Å²) >= 11 is 12.1. The number of nitrogens with zero attached hydrogens (tertiary/aromatic N) is 4. The lowest BCUT2D eigenvalue weighted by Crippen LogP contribution is -2.36. The third kappa shape index (κ3) is 3.40. The third-order valence-electron chi connectivity index (χ3n) is 5.90. The van der Waals surface area contributed by atoms with Crippen LogP contribution in [0, 0.1) is 5.92 Å². The molecule has 10 heteroatoms. The highest BCUT2D eigenvalue weighted by Crippen LogP contribution is 2.36. The van der Waals surface area contributed by atoms with Crippen LogP contribution in [0.3, 0.4) is 0 Å². The van der Waals surface area contributed by atoms with Crippen molar-refractivity contribution in [2.75, 3.05) is 13.6 Å². The fourth-order valence-electron chi connectivity index (χ4n) is 4.32. The lowest BCUT2D eigenvalue weighted by molar-refractivity contribution is -0.124. The van der Waals surface area contributed by atoms with Gasteiger partial charge in [0, 0.05) is 36.7 Å². The Morgan fingerprint density at radius 3 is 2.87 bits per heavy atom. The van der Waals surface area contributed by atoms with Gasteiger partial charge in [-0.25, -0.2) is 0 Å². The van der Waals surface area contributed by atoms with Crippen LogP contribution >= 0.6 is 23.2 Å². The Labute approximate surface area is 188 Å². The van der Waals surface area contributed by atoms with Crippen molar-refractivity contribution in [1.82, 2.24) is 25.2 Å². The zero-order valence-corrected chi connectivity index (χ0v) is 18.2. The van der Waals surface area contributed by atoms with Crippen molar-refractivity contribution in [2.45, 2.75) is 25.9 Å². The topological polar surface area (TPSA) is 93.3 Å². The second-order valence-corrected chi connectivity index (χ2v) is 8.58. The van der Waals surface area contributed by atoms with Gasteiger partial charge in [0.2, 0.25) is 5.91 Å². The summed E-state index contributed by atoms with van der Waals surface area (Å²) in [5.41, 5.74) is 4.70. The van der Waals surface area contributed by atoms with Crippen LogP contribution in [-0.2, 0) is 30.7 Å². The van der Waals surface area contributed by atoms with E-state index in [1.54, 1.807) is 36.4 Å². The van der Waals surface area contributed by atoms with Crippen LogP contribution in [0.2, 0.25) is 10.0 Å². The van der Waals surface area contributed by atoms with Crippen LogP contribution in [0.5, 0.6) is 0 Å². The van der Waals surface area contributed by atoms with Crippen molar-refractivity contribution in [3.63, 3.8) is 0 Å². The first-order chi connectivity index (χ1) is 15.0. The molecule has 0 bridgehead atoms. The van der Waals surface area contributed by atoms with E-state index >= 15 is 0 Å². The largest absolute Gasteiger partial charge is 0.364 e. The molecule has 1 N–H and O–H groups in total. The highest BCUT2D eigenvalue weighted by molar-refractivity contribution is 6.42. The number of nitrogens with one attached hydrogen (secondary N) is 1. The number of carbonyl (C=O) groups is 2. The van der Waals surface area contributed by atoms with Crippen LogP contribution in [0.1, 0.15) is 27.2 Å². The molecule has 2 aliphatic heterocycles. The molecule has 31 heavy (non-hydrogen) atoms. The number of fused-ring (bicyclic) bond motifs is 5. The molecule has 0 fully saturated rings. The Balaban J connectivity index is 1.51. The SMILES string of the molecule is CNC(=O)C1Cc2conc2-c2c3c(nn2C1)CCN(C(=O)c1ccc(Cl)c(Cl)c1)C3. The standard InChI is InChI=1S/C21H19Cl2N5O3/c1-24-20(29)12-6-13-10-31-26-18(13)19-14-9-27(5-4-17(14)25-28(19)8-12)21(30)11-2-3-15(22)16(23)7-11/h2-3,7,10,12H,4-6,8-9H2,1H3,(H,24,29). The van der Waals surface area contributed by atoms with E-state index in [4.69, 9.17) is 32.8 Å². The van der Waals surface area contributed by atoms with E-state index in [0.29, 0.717) is 53.8 Å². The van der Waals surface area contributed by atoms with E-state index < -0.39 is 0 Å². The molecule has 8 nitrogen and oxygen atoms in total. The highest BCUT2D eigenvalue weighted by atomic mass is 35.5. The van der Waals surface area contributed by atoms with Crippen LogP contribution in [-0.4, -0.2) is 45.2 Å². The zero-order valence-electron chi connectivity index (χ0n) is 16.7. The maximum Gasteiger partial charge on any atom is 0.254 e. The lowest BCUT2D eigenvalue weighted by atomic mass is 9.98. The first-order valence-electron chi connectivity index (χ1n) is 9.94. The average Bonchev–Trinajstić information content (AvgIpc) is 3.33. The summed E-state index contributed by atoms with van der Waals surface area (Å²) in [5.74, 6) is -0.453. The number of carbonyl (C=O) groups excluding carboxylic acids is 2. The second kappa shape index (κ2) is 7.69. The smallest absolute Gasteiger partial charge is 0.254 e. The molecule has 1 aromatic carbocycles. The Morgan fingerprint density at radius 1 is 1.26 bits per heavy atom. The lowest BCUT2D eigenvalue weighted by Gasteiger charge is -2.27. The fourth-order valence-corrected chi connectivity index (χ4v) is 4.62. The monoisotopic (exact) mass is 459 g/mol. The second-order valence-electron chi connectivity index (χ2n) is 7.77. The fraction of sp³-hybridized carbons (Fsp3) is 0.333. The van der Waals surface area contributed by atoms with E-state index in [0.717, 1.165) is 22.5 Å². The molecule has 0 saturated heterocycles. The molecule has 4 heterocycles. The molecule has 3 aromatic rings. The quantitative estimate of drug-likeness (QED) is 0.635. The van der Waals surface area contributed by atoms with E-state index in [9.17, 15) is 9.59 Å². The predicted octanol–water partition coefficient (Wildman–Crippen LogP) is 2.96. The minimum atomic E-state index is -0.278. The van der Waals surface area contributed by atoms with Gasteiger partial charge < -0.3 is 14.7 Å². The molecule has 0 aliphatic carbocycles. The molecule has 5 rings (SSSR count). The Kier molecular flexibility index (Phi) is 4.98. The summed E-state index contributed by atoms with van der Waals surface area (Å²) in [4.78, 5) is 27.3. The predicted molar refractivity (Wildman–Crippen MR) is 114 cm³/mol. The Bertz CT molecular complexity index is 1200. The molecule has 2 aromatic heterocycles. The molecule has 160 valence electrons. The molecule has 0 saturated carbocycles. The van der Waals surface area contributed by atoms with Gasteiger partial charge in [0.15, 0.2) is 0 Å². The van der Waals surface area contributed by atoms with Crippen molar-refractivity contribution in [2.24, 2.45) is 5.92 Å². The molecule has 0 radical (unpaired) electrons. The van der Waals surface area contributed by atoms with Crippen LogP contribution in [0.4, 0.5) is 0 Å².